The molecule has 0 spiro atoms. The fraction of sp³-hybridized carbons (Fsp3) is 0.750. The van der Waals surface area contributed by atoms with Gasteiger partial charge in [-0.05, 0) is 38.5 Å². The lowest BCUT2D eigenvalue weighted by molar-refractivity contribution is -0.141. The first-order chi connectivity index (χ1) is 9.24. The fourth-order valence-electron chi connectivity index (χ4n) is 2.20. The zero-order valence-corrected chi connectivity index (χ0v) is 12.4. The zero-order chi connectivity index (χ0) is 14.4. The second-order valence-corrected chi connectivity index (χ2v) is 4.97. The molecular weight excluding hydrogens is 240 g/mol. The van der Waals surface area contributed by atoms with Gasteiger partial charge in [0.05, 0.1) is 0 Å². The summed E-state index contributed by atoms with van der Waals surface area (Å²) in [6, 6.07) is 0. The molecular formula is C16H29O3. The molecule has 3 nitrogen and oxygen atoms in total. The Kier molecular flexibility index (Phi) is 12.1. The highest BCUT2D eigenvalue weighted by molar-refractivity contribution is 5.39. The molecule has 3 radical (unpaired) electrons. The van der Waals surface area contributed by atoms with Crippen molar-refractivity contribution < 1.29 is 14.6 Å². The van der Waals surface area contributed by atoms with Gasteiger partial charge in [-0.3, -0.25) is 4.79 Å². The summed E-state index contributed by atoms with van der Waals surface area (Å²) >= 11 is 0. The summed E-state index contributed by atoms with van der Waals surface area (Å²) in [5.74, 6) is 0. The van der Waals surface area contributed by atoms with E-state index in [1.807, 2.05) is 6.42 Å². The molecule has 111 valence electrons. The molecule has 0 atom stereocenters. The van der Waals surface area contributed by atoms with Crippen LogP contribution in [0.3, 0.4) is 0 Å². The van der Waals surface area contributed by atoms with E-state index in [2.05, 4.69) is 13.8 Å². The molecule has 0 bridgehead atoms. The molecule has 0 unspecified atom stereocenters. The van der Waals surface area contributed by atoms with Gasteiger partial charge in [0.25, 0.3) is 6.47 Å². The van der Waals surface area contributed by atoms with Crippen molar-refractivity contribution in [1.82, 2.24) is 0 Å². The number of hydrogen-bond donors (Lipinski definition) is 1. The van der Waals surface area contributed by atoms with Crippen LogP contribution in [0.5, 0.6) is 0 Å². The van der Waals surface area contributed by atoms with Crippen molar-refractivity contribution in [2.45, 2.75) is 70.8 Å². The van der Waals surface area contributed by atoms with Gasteiger partial charge in [0.2, 0.25) is 0 Å². The Morgan fingerprint density at radius 3 is 2.05 bits per heavy atom. The number of aliphatic hydroxyl groups is 1. The minimum absolute atomic E-state index is 0.0115. The van der Waals surface area contributed by atoms with Crippen molar-refractivity contribution in [2.24, 2.45) is 0 Å². The summed E-state index contributed by atoms with van der Waals surface area (Å²) in [6.45, 7) is 4.89. The quantitative estimate of drug-likeness (QED) is 0.386. The first-order valence-corrected chi connectivity index (χ1v) is 7.48. The molecule has 19 heavy (non-hydrogen) atoms. The van der Waals surface area contributed by atoms with E-state index in [0.29, 0.717) is 6.47 Å². The third-order valence-corrected chi connectivity index (χ3v) is 3.33. The molecule has 0 fully saturated rings. The van der Waals surface area contributed by atoms with Crippen LogP contribution in [0, 0.1) is 19.3 Å². The highest BCUT2D eigenvalue weighted by atomic mass is 16.5. The summed E-state index contributed by atoms with van der Waals surface area (Å²) in [7, 11) is 0. The molecule has 0 aliphatic carbocycles. The molecule has 0 aromatic heterocycles. The van der Waals surface area contributed by atoms with Crippen LogP contribution in [0.2, 0.25) is 0 Å². The Morgan fingerprint density at radius 1 is 1.05 bits per heavy atom. The van der Waals surface area contributed by atoms with Crippen LogP contribution >= 0.6 is 0 Å². The Bertz CT molecular complexity index is 178. The Hall–Kier alpha value is -0.570. The molecule has 0 saturated carbocycles. The third kappa shape index (κ3) is 9.04. The number of aliphatic hydroxyl groups excluding tert-OH is 1. The van der Waals surface area contributed by atoms with E-state index in [1.54, 1.807) is 12.8 Å². The monoisotopic (exact) mass is 269 g/mol. The predicted molar refractivity (Wildman–Crippen MR) is 78.1 cm³/mol. The van der Waals surface area contributed by atoms with Crippen molar-refractivity contribution in [3.8, 4) is 0 Å². The van der Waals surface area contributed by atoms with Crippen LogP contribution in [-0.4, -0.2) is 23.8 Å². The van der Waals surface area contributed by atoms with Crippen molar-refractivity contribution in [3.63, 3.8) is 0 Å². The molecule has 3 heteroatoms. The van der Waals surface area contributed by atoms with E-state index >= 15 is 0 Å². The number of rotatable bonds is 14. The second-order valence-electron chi connectivity index (χ2n) is 4.97. The topological polar surface area (TPSA) is 46.5 Å². The molecule has 0 aromatic carbocycles. The molecule has 0 aromatic rings. The summed E-state index contributed by atoms with van der Waals surface area (Å²) in [6.07, 6.45) is 13.8. The van der Waals surface area contributed by atoms with E-state index in [1.165, 1.54) is 0 Å². The van der Waals surface area contributed by atoms with E-state index in [4.69, 9.17) is 9.84 Å². The third-order valence-electron chi connectivity index (χ3n) is 3.33. The summed E-state index contributed by atoms with van der Waals surface area (Å²) in [5.41, 5.74) is -0.488. The van der Waals surface area contributed by atoms with Crippen LogP contribution in [0.4, 0.5) is 0 Å². The van der Waals surface area contributed by atoms with Crippen LogP contribution in [0.1, 0.15) is 65.2 Å². The van der Waals surface area contributed by atoms with E-state index in [-0.39, 0.29) is 6.61 Å². The standard InChI is InChI=1S/C16H29O3/c1-3-5-7-11-16(19-15-18,12-8-6-4-2)13-9-10-14-17/h9-10,13,15,17H,3-8,11-12,14H2,1-2H3. The predicted octanol–water partition coefficient (Wildman–Crippen LogP) is 3.66. The number of carbonyl (C=O) groups is 1. The average molecular weight is 269 g/mol. The lowest BCUT2D eigenvalue weighted by Crippen LogP contribution is -2.33. The normalized spacial score (nSPS) is 11.5. The highest BCUT2D eigenvalue weighted by Gasteiger charge is 2.30. The maximum absolute atomic E-state index is 10.8. The van der Waals surface area contributed by atoms with Gasteiger partial charge < -0.3 is 9.84 Å². The molecule has 0 saturated heterocycles. The first-order valence-electron chi connectivity index (χ1n) is 7.48. The van der Waals surface area contributed by atoms with Crippen molar-refractivity contribution in [3.05, 3.63) is 19.3 Å². The minimum Gasteiger partial charge on any atom is -0.461 e. The minimum atomic E-state index is -0.488. The fourth-order valence-corrected chi connectivity index (χ4v) is 2.20. The molecule has 0 aliphatic rings. The van der Waals surface area contributed by atoms with E-state index < -0.39 is 5.60 Å². The van der Waals surface area contributed by atoms with Crippen molar-refractivity contribution >= 4 is 6.47 Å². The van der Waals surface area contributed by atoms with Crippen molar-refractivity contribution in [2.75, 3.05) is 6.61 Å². The van der Waals surface area contributed by atoms with E-state index in [9.17, 15) is 4.79 Å². The van der Waals surface area contributed by atoms with E-state index in [0.717, 1.165) is 51.4 Å². The average Bonchev–Trinajstić information content (AvgIpc) is 2.40. The maximum Gasteiger partial charge on any atom is 0.293 e. The first kappa shape index (κ1) is 18.4. The second kappa shape index (κ2) is 12.5. The van der Waals surface area contributed by atoms with Crippen LogP contribution in [0.25, 0.3) is 0 Å². The number of unbranched alkanes of at least 4 members (excludes halogenated alkanes) is 5. The van der Waals surface area contributed by atoms with Crippen LogP contribution in [0.15, 0.2) is 0 Å². The van der Waals surface area contributed by atoms with Gasteiger partial charge in [-0.15, -0.1) is 0 Å². The summed E-state index contributed by atoms with van der Waals surface area (Å²) in [4.78, 5) is 10.8. The molecule has 0 rings (SSSR count). The molecule has 0 heterocycles. The van der Waals surface area contributed by atoms with Gasteiger partial charge in [-0.2, -0.15) is 0 Å². The molecule has 0 aliphatic heterocycles. The smallest absolute Gasteiger partial charge is 0.293 e. The SMILES string of the molecule is CCCCCC([CH][CH][CH]CO)(CCCCC)OC=O. The number of carbonyl (C=O) groups excluding carboxylic acids is 1. The van der Waals surface area contributed by atoms with Gasteiger partial charge >= 0.3 is 0 Å². The lowest BCUT2D eigenvalue weighted by Gasteiger charge is -2.32. The number of hydrogen-bond acceptors (Lipinski definition) is 3. The van der Waals surface area contributed by atoms with Gasteiger partial charge in [0.1, 0.15) is 5.60 Å². The Labute approximate surface area is 118 Å². The lowest BCUT2D eigenvalue weighted by atomic mass is 9.85. The maximum atomic E-state index is 10.8. The van der Waals surface area contributed by atoms with Gasteiger partial charge in [0.15, 0.2) is 0 Å². The van der Waals surface area contributed by atoms with Gasteiger partial charge in [-0.1, -0.05) is 39.5 Å². The Morgan fingerprint density at radius 2 is 1.63 bits per heavy atom. The largest absolute Gasteiger partial charge is 0.461 e. The summed E-state index contributed by atoms with van der Waals surface area (Å²) < 4.78 is 5.40. The van der Waals surface area contributed by atoms with Crippen molar-refractivity contribution in [1.29, 1.82) is 0 Å². The van der Waals surface area contributed by atoms with Crippen LogP contribution < -0.4 is 0 Å². The van der Waals surface area contributed by atoms with Gasteiger partial charge in [0, 0.05) is 13.0 Å². The molecule has 0 amide bonds. The zero-order valence-electron chi connectivity index (χ0n) is 12.4. The highest BCUT2D eigenvalue weighted by Crippen LogP contribution is 2.30. The molecule has 1 N–H and O–H groups in total. The summed E-state index contributed by atoms with van der Waals surface area (Å²) in [5, 5.41) is 8.80. The number of ether oxygens (including phenoxy) is 1. The van der Waals surface area contributed by atoms with Crippen LogP contribution in [-0.2, 0) is 9.53 Å². The Balaban J connectivity index is 4.42. The van der Waals surface area contributed by atoms with Gasteiger partial charge in [-0.25, -0.2) is 0 Å².